The van der Waals surface area contributed by atoms with Crippen molar-refractivity contribution in [2.24, 2.45) is 0 Å². The van der Waals surface area contributed by atoms with Crippen molar-refractivity contribution in [1.29, 1.82) is 0 Å². The van der Waals surface area contributed by atoms with Crippen LogP contribution in [0.3, 0.4) is 0 Å². The molecule has 6 nitrogen and oxygen atoms in total. The second kappa shape index (κ2) is 10.8. The van der Waals surface area contributed by atoms with Crippen LogP contribution in [-0.2, 0) is 24.2 Å². The third kappa shape index (κ3) is 7.02. The van der Waals surface area contributed by atoms with E-state index in [1.807, 2.05) is 37.3 Å². The van der Waals surface area contributed by atoms with Crippen molar-refractivity contribution in [2.75, 3.05) is 12.3 Å². The smallest absolute Gasteiger partial charge is 0.307 e. The number of ether oxygens (including phenoxy) is 1. The summed E-state index contributed by atoms with van der Waals surface area (Å²) in [5.41, 5.74) is 1.13. The average molecular weight is 418 g/mol. The number of carbonyl (C=O) groups is 2. The van der Waals surface area contributed by atoms with Gasteiger partial charge in [-0.15, -0.1) is 0 Å². The summed E-state index contributed by atoms with van der Waals surface area (Å²) in [4.78, 5) is 24.4. The minimum absolute atomic E-state index is 0.158. The maximum atomic E-state index is 12.2. The molecule has 0 bridgehead atoms. The van der Waals surface area contributed by atoms with Gasteiger partial charge in [0.25, 0.3) is 5.91 Å². The lowest BCUT2D eigenvalue weighted by molar-refractivity contribution is -0.154. The largest absolute Gasteiger partial charge is 0.453 e. The van der Waals surface area contributed by atoms with E-state index in [0.29, 0.717) is 6.54 Å². The number of hydrogen-bond donors (Lipinski definition) is 1. The van der Waals surface area contributed by atoms with E-state index in [0.717, 1.165) is 12.0 Å². The molecule has 0 aliphatic heterocycles. The lowest BCUT2D eigenvalue weighted by Gasteiger charge is -2.18. The van der Waals surface area contributed by atoms with Gasteiger partial charge in [0.2, 0.25) is 0 Å². The molecule has 2 aromatic rings. The van der Waals surface area contributed by atoms with Crippen molar-refractivity contribution in [3.8, 4) is 0 Å². The van der Waals surface area contributed by atoms with Gasteiger partial charge in [0.15, 0.2) is 15.9 Å². The molecule has 0 radical (unpaired) electrons. The molecule has 0 spiro atoms. The molecular weight excluding hydrogens is 390 g/mol. The van der Waals surface area contributed by atoms with E-state index in [1.54, 1.807) is 18.2 Å². The first-order valence-corrected chi connectivity index (χ1v) is 11.3. The minimum atomic E-state index is -3.57. The van der Waals surface area contributed by atoms with Gasteiger partial charge in [-0.3, -0.25) is 9.59 Å². The molecule has 2 atom stereocenters. The monoisotopic (exact) mass is 417 g/mol. The van der Waals surface area contributed by atoms with E-state index in [-0.39, 0.29) is 23.0 Å². The Bertz CT molecular complexity index is 897. The molecule has 0 unspecified atom stereocenters. The zero-order valence-corrected chi connectivity index (χ0v) is 17.5. The van der Waals surface area contributed by atoms with Crippen LogP contribution in [0, 0.1) is 0 Å². The fraction of sp³-hybridized carbons (Fsp3) is 0.364. The number of hydrogen-bond acceptors (Lipinski definition) is 5. The minimum Gasteiger partial charge on any atom is -0.453 e. The van der Waals surface area contributed by atoms with E-state index >= 15 is 0 Å². The molecule has 156 valence electrons. The molecule has 1 N–H and O–H groups in total. The Hall–Kier alpha value is -2.67. The topological polar surface area (TPSA) is 89.5 Å². The fourth-order valence-electron chi connectivity index (χ4n) is 2.86. The molecule has 0 saturated carbocycles. The van der Waals surface area contributed by atoms with Gasteiger partial charge in [-0.25, -0.2) is 8.42 Å². The number of amides is 1. The zero-order valence-electron chi connectivity index (χ0n) is 16.7. The Morgan fingerprint density at radius 1 is 1.00 bits per heavy atom. The molecule has 0 aliphatic rings. The standard InChI is InChI=1S/C22H27NO5S/c1-3-18(19-10-6-4-7-11-19)16-23-22(25)17(2)28-21(24)14-15-29(26,27)20-12-8-5-9-13-20/h4-13,17-18H,3,14-16H2,1-2H3,(H,23,25)/t17-,18-/m0/s1. The summed E-state index contributed by atoms with van der Waals surface area (Å²) in [6, 6.07) is 17.8. The van der Waals surface area contributed by atoms with Gasteiger partial charge in [0.1, 0.15) is 0 Å². The van der Waals surface area contributed by atoms with Gasteiger partial charge in [-0.05, 0) is 31.0 Å². The van der Waals surface area contributed by atoms with Gasteiger partial charge in [0, 0.05) is 12.5 Å². The predicted molar refractivity (Wildman–Crippen MR) is 111 cm³/mol. The van der Waals surface area contributed by atoms with Crippen molar-refractivity contribution >= 4 is 21.7 Å². The summed E-state index contributed by atoms with van der Waals surface area (Å²) in [7, 11) is -3.57. The first-order chi connectivity index (χ1) is 13.8. The second-order valence-corrected chi connectivity index (χ2v) is 8.88. The van der Waals surface area contributed by atoms with E-state index in [4.69, 9.17) is 4.74 Å². The molecule has 0 saturated heterocycles. The maximum absolute atomic E-state index is 12.2. The van der Waals surface area contributed by atoms with Crippen LogP contribution in [0.4, 0.5) is 0 Å². The molecule has 2 rings (SSSR count). The van der Waals surface area contributed by atoms with Crippen LogP contribution in [-0.4, -0.2) is 38.7 Å². The molecule has 0 aromatic heterocycles. The molecule has 0 heterocycles. The molecule has 29 heavy (non-hydrogen) atoms. The Kier molecular flexibility index (Phi) is 8.39. The Balaban J connectivity index is 1.80. The number of benzene rings is 2. The lowest BCUT2D eigenvalue weighted by atomic mass is 9.96. The Morgan fingerprint density at radius 2 is 1.59 bits per heavy atom. The summed E-state index contributed by atoms with van der Waals surface area (Å²) in [5, 5.41) is 2.80. The first kappa shape index (κ1) is 22.6. The number of sulfone groups is 1. The fourth-order valence-corrected chi connectivity index (χ4v) is 4.11. The Labute approximate surface area is 172 Å². The number of esters is 1. The zero-order chi connectivity index (χ0) is 21.3. The quantitative estimate of drug-likeness (QED) is 0.600. The highest BCUT2D eigenvalue weighted by molar-refractivity contribution is 7.91. The highest BCUT2D eigenvalue weighted by atomic mass is 32.2. The highest BCUT2D eigenvalue weighted by Gasteiger charge is 2.21. The predicted octanol–water partition coefficient (Wildman–Crippen LogP) is 3.09. The number of nitrogens with one attached hydrogen (secondary N) is 1. The van der Waals surface area contributed by atoms with E-state index < -0.39 is 27.8 Å². The van der Waals surface area contributed by atoms with Crippen LogP contribution in [0.15, 0.2) is 65.6 Å². The summed E-state index contributed by atoms with van der Waals surface area (Å²) in [5.74, 6) is -1.32. The molecule has 0 fully saturated rings. The first-order valence-electron chi connectivity index (χ1n) is 9.63. The summed E-state index contributed by atoms with van der Waals surface area (Å²) >= 11 is 0. The van der Waals surface area contributed by atoms with Crippen molar-refractivity contribution < 1.29 is 22.7 Å². The molecule has 1 amide bonds. The highest BCUT2D eigenvalue weighted by Crippen LogP contribution is 2.18. The number of carbonyl (C=O) groups excluding carboxylic acids is 2. The van der Waals surface area contributed by atoms with Crippen molar-refractivity contribution in [2.45, 2.75) is 43.6 Å². The van der Waals surface area contributed by atoms with Gasteiger partial charge in [-0.1, -0.05) is 55.5 Å². The van der Waals surface area contributed by atoms with Crippen LogP contribution in [0.25, 0.3) is 0 Å². The third-order valence-corrected chi connectivity index (χ3v) is 6.37. The van der Waals surface area contributed by atoms with Crippen molar-refractivity contribution in [3.63, 3.8) is 0 Å². The van der Waals surface area contributed by atoms with E-state index in [1.165, 1.54) is 19.1 Å². The van der Waals surface area contributed by atoms with Gasteiger partial charge in [0.05, 0.1) is 17.1 Å². The number of rotatable bonds is 10. The normalized spacial score (nSPS) is 13.3. The summed E-state index contributed by atoms with van der Waals surface area (Å²) in [6.07, 6.45) is -0.443. The summed E-state index contributed by atoms with van der Waals surface area (Å²) < 4.78 is 29.5. The van der Waals surface area contributed by atoms with Crippen molar-refractivity contribution in [1.82, 2.24) is 5.32 Å². The Morgan fingerprint density at radius 3 is 2.17 bits per heavy atom. The van der Waals surface area contributed by atoms with Crippen LogP contribution < -0.4 is 5.32 Å². The van der Waals surface area contributed by atoms with Crippen LogP contribution in [0.5, 0.6) is 0 Å². The average Bonchev–Trinajstić information content (AvgIpc) is 2.74. The molecular formula is C22H27NO5S. The molecule has 7 heteroatoms. The molecule has 2 aromatic carbocycles. The van der Waals surface area contributed by atoms with Crippen LogP contribution in [0.1, 0.15) is 38.2 Å². The SMILES string of the molecule is CC[C@@H](CNC(=O)[C@H](C)OC(=O)CCS(=O)(=O)c1ccccc1)c1ccccc1. The van der Waals surface area contributed by atoms with Gasteiger partial charge >= 0.3 is 5.97 Å². The van der Waals surface area contributed by atoms with Gasteiger partial charge in [-0.2, -0.15) is 0 Å². The van der Waals surface area contributed by atoms with Gasteiger partial charge < -0.3 is 10.1 Å². The van der Waals surface area contributed by atoms with Crippen LogP contribution in [0.2, 0.25) is 0 Å². The van der Waals surface area contributed by atoms with Crippen LogP contribution >= 0.6 is 0 Å². The molecule has 0 aliphatic carbocycles. The lowest BCUT2D eigenvalue weighted by Crippen LogP contribution is -2.38. The third-order valence-electron chi connectivity index (χ3n) is 4.64. The maximum Gasteiger partial charge on any atom is 0.307 e. The summed E-state index contributed by atoms with van der Waals surface area (Å²) in [6.45, 7) is 3.95. The van der Waals surface area contributed by atoms with E-state index in [9.17, 15) is 18.0 Å². The van der Waals surface area contributed by atoms with Crippen molar-refractivity contribution in [3.05, 3.63) is 66.2 Å². The second-order valence-electron chi connectivity index (χ2n) is 6.78. The van der Waals surface area contributed by atoms with E-state index in [2.05, 4.69) is 5.32 Å².